The molecule has 3 N–H and O–H groups in total. The number of carbonyl (C=O) groups excluding carboxylic acids is 2. The summed E-state index contributed by atoms with van der Waals surface area (Å²) in [5.41, 5.74) is 1.86. The quantitative estimate of drug-likeness (QED) is 0.379. The van der Waals surface area contributed by atoms with Crippen LogP contribution in [0.2, 0.25) is 15.1 Å². The fraction of sp³-hybridized carbons (Fsp3) is 0.269. The second kappa shape index (κ2) is 12.2. The molecule has 1 aromatic carbocycles. The summed E-state index contributed by atoms with van der Waals surface area (Å²) in [6.07, 6.45) is 5.50. The summed E-state index contributed by atoms with van der Waals surface area (Å²) < 4.78 is 25.0. The molecule has 0 saturated carbocycles. The van der Waals surface area contributed by atoms with Crippen molar-refractivity contribution in [3.63, 3.8) is 0 Å². The number of carbonyl (C=O) groups is 2. The maximum Gasteiger partial charge on any atom is 0.267 e. The van der Waals surface area contributed by atoms with Gasteiger partial charge in [-0.1, -0.05) is 47.0 Å². The summed E-state index contributed by atoms with van der Waals surface area (Å²) in [6, 6.07) is 4.04. The number of aromatic nitrogens is 1. The van der Waals surface area contributed by atoms with E-state index in [2.05, 4.69) is 20.9 Å². The van der Waals surface area contributed by atoms with Gasteiger partial charge in [0.2, 0.25) is 5.88 Å². The van der Waals surface area contributed by atoms with Gasteiger partial charge in [-0.25, -0.2) is 9.37 Å². The number of allylic oxidation sites excluding steroid dienone is 4. The van der Waals surface area contributed by atoms with Crippen LogP contribution >= 0.6 is 34.8 Å². The van der Waals surface area contributed by atoms with Gasteiger partial charge in [-0.15, -0.1) is 0 Å². The van der Waals surface area contributed by atoms with Crippen LogP contribution in [0.3, 0.4) is 0 Å². The number of benzene rings is 1. The summed E-state index contributed by atoms with van der Waals surface area (Å²) in [7, 11) is 0. The predicted molar refractivity (Wildman–Crippen MR) is 144 cm³/mol. The lowest BCUT2D eigenvalue weighted by molar-refractivity contribution is -0.122. The van der Waals surface area contributed by atoms with Crippen LogP contribution in [0.25, 0.3) is 5.70 Å². The Hall–Kier alpha value is -3.11. The fourth-order valence-corrected chi connectivity index (χ4v) is 4.86. The lowest BCUT2D eigenvalue weighted by atomic mass is 9.97. The molecule has 0 bridgehead atoms. The van der Waals surface area contributed by atoms with Crippen molar-refractivity contribution in [2.75, 3.05) is 13.2 Å². The van der Waals surface area contributed by atoms with Gasteiger partial charge in [0.1, 0.15) is 18.0 Å². The monoisotopic (exact) mass is 580 g/mol. The lowest BCUT2D eigenvalue weighted by Gasteiger charge is -2.22. The number of halogens is 4. The first-order chi connectivity index (χ1) is 18.1. The third-order valence-corrected chi connectivity index (χ3v) is 6.34. The molecule has 1 atom stereocenters. The average Bonchev–Trinajstić information content (AvgIpc) is 2.98. The Kier molecular flexibility index (Phi) is 8.94. The van der Waals surface area contributed by atoms with Crippen molar-refractivity contribution < 1.29 is 23.5 Å². The van der Waals surface area contributed by atoms with Crippen molar-refractivity contribution in [1.82, 2.24) is 20.9 Å². The minimum Gasteiger partial charge on any atom is -0.475 e. The molecule has 4 rings (SSSR count). The molecule has 2 heterocycles. The molecule has 1 unspecified atom stereocenters. The zero-order chi connectivity index (χ0) is 27.4. The van der Waals surface area contributed by atoms with Gasteiger partial charge in [0, 0.05) is 21.9 Å². The molecule has 0 radical (unpaired) electrons. The smallest absolute Gasteiger partial charge is 0.267 e. The van der Waals surface area contributed by atoms with Crippen LogP contribution in [0, 0.1) is 5.82 Å². The minimum absolute atomic E-state index is 0.0117. The Morgan fingerprint density at radius 2 is 1.95 bits per heavy atom. The summed E-state index contributed by atoms with van der Waals surface area (Å²) in [5.74, 6) is -2.21. The Bertz CT molecular complexity index is 1340. The van der Waals surface area contributed by atoms with Crippen LogP contribution < -0.4 is 20.7 Å². The minimum atomic E-state index is -1.29. The van der Waals surface area contributed by atoms with E-state index >= 15 is 0 Å². The highest BCUT2D eigenvalue weighted by atomic mass is 35.5. The first kappa shape index (κ1) is 27.9. The Labute approximate surface area is 233 Å². The molecule has 8 nitrogen and oxygen atoms in total. The topological polar surface area (TPSA) is 102 Å². The van der Waals surface area contributed by atoms with E-state index in [-0.39, 0.29) is 40.8 Å². The molecular formula is C26H24Cl3FN4O4. The zero-order valence-electron chi connectivity index (χ0n) is 20.4. The van der Waals surface area contributed by atoms with Crippen LogP contribution in [0.5, 0.6) is 5.88 Å². The number of rotatable bonds is 8. The van der Waals surface area contributed by atoms with Crippen molar-refractivity contribution >= 4 is 52.3 Å². The molecule has 2 aliphatic rings. The van der Waals surface area contributed by atoms with Gasteiger partial charge in [-0.05, 0) is 44.5 Å². The molecule has 12 heteroatoms. The SMILES string of the molecule is CC(C)OCCOc1ncc(F)cc1C(=O)NC1NC(c2c(Cl)cc(Cl)cc2Cl)=C2CC=CC=C2NC1=O. The van der Waals surface area contributed by atoms with Crippen molar-refractivity contribution in [1.29, 1.82) is 0 Å². The highest BCUT2D eigenvalue weighted by Gasteiger charge is 2.32. The molecule has 0 saturated heterocycles. The van der Waals surface area contributed by atoms with Crippen LogP contribution in [-0.2, 0) is 9.53 Å². The van der Waals surface area contributed by atoms with E-state index in [9.17, 15) is 14.0 Å². The normalized spacial score (nSPS) is 16.9. The molecule has 38 heavy (non-hydrogen) atoms. The second-order valence-electron chi connectivity index (χ2n) is 8.62. The van der Waals surface area contributed by atoms with Gasteiger partial charge in [0.05, 0.1) is 34.6 Å². The largest absolute Gasteiger partial charge is 0.475 e. The standard InChI is InChI=1S/C26H24Cl3FN4O4/c1-13(2)37-7-8-38-26-17(11-15(30)12-31-26)24(35)34-23-25(36)32-20-6-4-3-5-16(20)22(33-23)21-18(28)9-14(27)10-19(21)29/h3-4,6,9-13,23,33H,5,7-8H2,1-2H3,(H,32,36)(H,34,35). The first-order valence-corrected chi connectivity index (χ1v) is 12.8. The third-order valence-electron chi connectivity index (χ3n) is 5.52. The summed E-state index contributed by atoms with van der Waals surface area (Å²) >= 11 is 19.1. The van der Waals surface area contributed by atoms with Gasteiger partial charge in [0.25, 0.3) is 11.8 Å². The number of amides is 2. The maximum absolute atomic E-state index is 14.0. The van der Waals surface area contributed by atoms with Crippen LogP contribution in [0.15, 0.2) is 53.9 Å². The summed E-state index contributed by atoms with van der Waals surface area (Å²) in [5, 5.41) is 9.28. The number of nitrogens with one attached hydrogen (secondary N) is 3. The van der Waals surface area contributed by atoms with Gasteiger partial charge in [0.15, 0.2) is 6.17 Å². The van der Waals surface area contributed by atoms with E-state index in [4.69, 9.17) is 44.3 Å². The molecule has 2 aromatic rings. The Morgan fingerprint density at radius 1 is 1.21 bits per heavy atom. The number of nitrogens with zero attached hydrogens (tertiary/aromatic N) is 1. The maximum atomic E-state index is 14.0. The fourth-order valence-electron chi connectivity index (χ4n) is 3.86. The number of pyridine rings is 1. The zero-order valence-corrected chi connectivity index (χ0v) is 22.7. The predicted octanol–water partition coefficient (Wildman–Crippen LogP) is 5.02. The van der Waals surface area contributed by atoms with Crippen LogP contribution in [-0.4, -0.2) is 42.3 Å². The molecule has 1 aliphatic heterocycles. The number of hydrogen-bond acceptors (Lipinski definition) is 6. The van der Waals surface area contributed by atoms with E-state index < -0.39 is 23.8 Å². The van der Waals surface area contributed by atoms with Crippen molar-refractivity contribution in [2.45, 2.75) is 32.5 Å². The van der Waals surface area contributed by atoms with Gasteiger partial charge >= 0.3 is 0 Å². The highest BCUT2D eigenvalue weighted by molar-refractivity contribution is 6.40. The van der Waals surface area contributed by atoms with E-state index in [1.54, 1.807) is 12.2 Å². The second-order valence-corrected chi connectivity index (χ2v) is 9.88. The molecule has 1 aliphatic carbocycles. The molecule has 0 spiro atoms. The molecule has 0 fully saturated rings. The number of hydrogen-bond donors (Lipinski definition) is 3. The van der Waals surface area contributed by atoms with Crippen molar-refractivity contribution in [3.8, 4) is 5.88 Å². The van der Waals surface area contributed by atoms with Gasteiger partial charge in [-0.2, -0.15) is 0 Å². The Morgan fingerprint density at radius 3 is 2.66 bits per heavy atom. The number of fused-ring (bicyclic) bond motifs is 1. The summed E-state index contributed by atoms with van der Waals surface area (Å²) in [4.78, 5) is 30.3. The van der Waals surface area contributed by atoms with Gasteiger partial charge in [-0.3, -0.25) is 9.59 Å². The van der Waals surface area contributed by atoms with E-state index in [1.165, 1.54) is 12.1 Å². The van der Waals surface area contributed by atoms with E-state index in [0.29, 0.717) is 34.0 Å². The van der Waals surface area contributed by atoms with E-state index in [0.717, 1.165) is 12.3 Å². The highest BCUT2D eigenvalue weighted by Crippen LogP contribution is 2.38. The first-order valence-electron chi connectivity index (χ1n) is 11.7. The van der Waals surface area contributed by atoms with E-state index in [1.807, 2.05) is 19.9 Å². The number of ether oxygens (including phenoxy) is 2. The Balaban J connectivity index is 1.64. The molecular weight excluding hydrogens is 558 g/mol. The van der Waals surface area contributed by atoms with Crippen molar-refractivity contribution in [3.05, 3.63) is 85.9 Å². The summed E-state index contributed by atoms with van der Waals surface area (Å²) in [6.45, 7) is 4.07. The lowest BCUT2D eigenvalue weighted by Crippen LogP contribution is -2.53. The average molecular weight is 582 g/mol. The van der Waals surface area contributed by atoms with Crippen LogP contribution in [0.1, 0.15) is 36.2 Å². The molecule has 2 amide bonds. The van der Waals surface area contributed by atoms with Crippen molar-refractivity contribution in [2.24, 2.45) is 0 Å². The molecule has 200 valence electrons. The third kappa shape index (κ3) is 6.47. The van der Waals surface area contributed by atoms with Crippen LogP contribution in [0.4, 0.5) is 4.39 Å². The van der Waals surface area contributed by atoms with Gasteiger partial charge < -0.3 is 25.4 Å². The molecule has 1 aromatic heterocycles.